The zero-order valence-corrected chi connectivity index (χ0v) is 7.23. The first-order valence-electron chi connectivity index (χ1n) is 3.31. The molecular weight excluding hydrogens is 183 g/mol. The summed E-state index contributed by atoms with van der Waals surface area (Å²) >= 11 is 5.54. The topological polar surface area (TPSA) is 29.5 Å². The zero-order valence-electron chi connectivity index (χ0n) is 6.47. The maximum atomic E-state index is 12.9. The van der Waals surface area contributed by atoms with Crippen LogP contribution in [0.15, 0.2) is 12.1 Å². The van der Waals surface area contributed by atoms with Crippen LogP contribution in [-0.4, -0.2) is 12.2 Å². The Labute approximate surface area is 74.5 Å². The Morgan fingerprint density at radius 1 is 1.58 bits per heavy atom. The Hall–Kier alpha value is -0.800. The summed E-state index contributed by atoms with van der Waals surface area (Å²) in [5.74, 6) is -0.346. The molecular formula is C8H8ClFO2. The molecule has 0 radical (unpaired) electrons. The van der Waals surface area contributed by atoms with Crippen LogP contribution in [0.1, 0.15) is 5.56 Å². The highest BCUT2D eigenvalue weighted by molar-refractivity contribution is 6.32. The molecule has 0 aliphatic rings. The molecule has 0 spiro atoms. The smallest absolute Gasteiger partial charge is 0.145 e. The number of aliphatic hydroxyl groups excluding tert-OH is 1. The lowest BCUT2D eigenvalue weighted by Crippen LogP contribution is -1.91. The Morgan fingerprint density at radius 2 is 2.25 bits per heavy atom. The zero-order chi connectivity index (χ0) is 9.14. The molecule has 0 fully saturated rings. The maximum Gasteiger partial charge on any atom is 0.145 e. The predicted molar refractivity (Wildman–Crippen MR) is 43.9 cm³/mol. The third-order valence-electron chi connectivity index (χ3n) is 1.46. The van der Waals surface area contributed by atoms with Crippen LogP contribution in [0.5, 0.6) is 5.75 Å². The molecule has 0 aliphatic heterocycles. The summed E-state index contributed by atoms with van der Waals surface area (Å²) in [5, 5.41) is 8.65. The van der Waals surface area contributed by atoms with Crippen molar-refractivity contribution in [2.24, 2.45) is 0 Å². The number of hydrogen-bond donors (Lipinski definition) is 1. The fourth-order valence-corrected chi connectivity index (χ4v) is 1.04. The maximum absolute atomic E-state index is 12.9. The van der Waals surface area contributed by atoms with Crippen LogP contribution in [0, 0.1) is 5.82 Å². The predicted octanol–water partition coefficient (Wildman–Crippen LogP) is 1.98. The molecule has 1 rings (SSSR count). The monoisotopic (exact) mass is 190 g/mol. The van der Waals surface area contributed by atoms with Crippen molar-refractivity contribution in [3.05, 3.63) is 28.5 Å². The van der Waals surface area contributed by atoms with Gasteiger partial charge in [0.05, 0.1) is 13.7 Å². The number of benzene rings is 1. The lowest BCUT2D eigenvalue weighted by molar-refractivity contribution is 0.280. The van der Waals surface area contributed by atoms with Crippen LogP contribution >= 0.6 is 11.6 Å². The standard InChI is InChI=1S/C8H8ClFO2/c1-12-7-3-5(4-11)2-6(10)8(7)9/h2-3,11H,4H2,1H3. The second kappa shape index (κ2) is 3.74. The first-order valence-corrected chi connectivity index (χ1v) is 3.69. The number of halogens is 2. The molecule has 1 aromatic carbocycles. The Morgan fingerprint density at radius 3 is 2.75 bits per heavy atom. The summed E-state index contributed by atoms with van der Waals surface area (Å²) in [5.41, 5.74) is 0.439. The molecule has 1 N–H and O–H groups in total. The Balaban J connectivity index is 3.19. The highest BCUT2D eigenvalue weighted by Crippen LogP contribution is 2.28. The van der Waals surface area contributed by atoms with Crippen LogP contribution in [0.2, 0.25) is 5.02 Å². The number of methoxy groups -OCH3 is 1. The van der Waals surface area contributed by atoms with E-state index in [1.807, 2.05) is 0 Å². The molecule has 0 aliphatic carbocycles. The van der Waals surface area contributed by atoms with Gasteiger partial charge >= 0.3 is 0 Å². The van der Waals surface area contributed by atoms with Gasteiger partial charge in [-0.05, 0) is 17.7 Å². The second-order valence-corrected chi connectivity index (χ2v) is 2.63. The van der Waals surface area contributed by atoms with Gasteiger partial charge in [-0.15, -0.1) is 0 Å². The van der Waals surface area contributed by atoms with Gasteiger partial charge in [-0.1, -0.05) is 11.6 Å². The Bertz CT molecular complexity index is 289. The molecule has 0 atom stereocenters. The average Bonchev–Trinajstić information content (AvgIpc) is 2.09. The lowest BCUT2D eigenvalue weighted by atomic mass is 10.2. The van der Waals surface area contributed by atoms with Gasteiger partial charge in [0.25, 0.3) is 0 Å². The van der Waals surface area contributed by atoms with E-state index >= 15 is 0 Å². The normalized spacial score (nSPS) is 10.0. The summed E-state index contributed by atoms with van der Waals surface area (Å²) in [6.45, 7) is -0.232. The van der Waals surface area contributed by atoms with Crippen molar-refractivity contribution >= 4 is 11.6 Å². The summed E-state index contributed by atoms with van der Waals surface area (Å²) in [4.78, 5) is 0. The van der Waals surface area contributed by atoms with E-state index in [4.69, 9.17) is 21.4 Å². The molecule has 66 valence electrons. The molecule has 0 amide bonds. The molecule has 1 aromatic rings. The van der Waals surface area contributed by atoms with E-state index in [1.54, 1.807) is 0 Å². The first kappa shape index (κ1) is 9.29. The van der Waals surface area contributed by atoms with Crippen molar-refractivity contribution in [3.8, 4) is 5.75 Å². The molecule has 0 saturated heterocycles. The van der Waals surface area contributed by atoms with E-state index in [9.17, 15) is 4.39 Å². The van der Waals surface area contributed by atoms with Crippen molar-refractivity contribution < 1.29 is 14.2 Å². The minimum atomic E-state index is -0.583. The largest absolute Gasteiger partial charge is 0.495 e. The molecule has 0 bridgehead atoms. The van der Waals surface area contributed by atoms with E-state index in [2.05, 4.69) is 0 Å². The van der Waals surface area contributed by atoms with Gasteiger partial charge in [0.15, 0.2) is 0 Å². The number of aliphatic hydroxyl groups is 1. The lowest BCUT2D eigenvalue weighted by Gasteiger charge is -2.05. The highest BCUT2D eigenvalue weighted by atomic mass is 35.5. The van der Waals surface area contributed by atoms with Gasteiger partial charge < -0.3 is 9.84 Å². The minimum Gasteiger partial charge on any atom is -0.495 e. The SMILES string of the molecule is COc1cc(CO)cc(F)c1Cl. The summed E-state index contributed by atoms with van der Waals surface area (Å²) < 4.78 is 17.7. The van der Waals surface area contributed by atoms with Crippen LogP contribution < -0.4 is 4.74 Å². The van der Waals surface area contributed by atoms with Gasteiger partial charge in [-0.3, -0.25) is 0 Å². The van der Waals surface area contributed by atoms with Crippen molar-refractivity contribution in [2.75, 3.05) is 7.11 Å². The van der Waals surface area contributed by atoms with E-state index < -0.39 is 5.82 Å². The van der Waals surface area contributed by atoms with Gasteiger partial charge in [-0.2, -0.15) is 0 Å². The van der Waals surface area contributed by atoms with Crippen LogP contribution in [0.3, 0.4) is 0 Å². The van der Waals surface area contributed by atoms with E-state index in [-0.39, 0.29) is 17.4 Å². The van der Waals surface area contributed by atoms with Crippen molar-refractivity contribution in [1.82, 2.24) is 0 Å². The highest BCUT2D eigenvalue weighted by Gasteiger charge is 2.08. The van der Waals surface area contributed by atoms with Crippen molar-refractivity contribution in [3.63, 3.8) is 0 Å². The Kier molecular flexibility index (Phi) is 2.89. The fraction of sp³-hybridized carbons (Fsp3) is 0.250. The summed E-state index contributed by atoms with van der Waals surface area (Å²) in [6.07, 6.45) is 0. The van der Waals surface area contributed by atoms with E-state index in [0.717, 1.165) is 0 Å². The molecule has 0 heterocycles. The third-order valence-corrected chi connectivity index (χ3v) is 1.82. The van der Waals surface area contributed by atoms with E-state index in [0.29, 0.717) is 5.56 Å². The van der Waals surface area contributed by atoms with Gasteiger partial charge in [0.2, 0.25) is 0 Å². The quantitative estimate of drug-likeness (QED) is 0.773. The van der Waals surface area contributed by atoms with Crippen LogP contribution in [0.4, 0.5) is 4.39 Å². The molecule has 0 unspecified atom stereocenters. The van der Waals surface area contributed by atoms with Gasteiger partial charge in [-0.25, -0.2) is 4.39 Å². The van der Waals surface area contributed by atoms with Gasteiger partial charge in [0, 0.05) is 0 Å². The molecule has 0 aromatic heterocycles. The molecule has 0 saturated carbocycles. The first-order chi connectivity index (χ1) is 5.69. The van der Waals surface area contributed by atoms with E-state index in [1.165, 1.54) is 19.2 Å². The van der Waals surface area contributed by atoms with Crippen molar-refractivity contribution in [2.45, 2.75) is 6.61 Å². The summed E-state index contributed by atoms with van der Waals surface area (Å²) in [6, 6.07) is 2.66. The fourth-order valence-electron chi connectivity index (χ4n) is 0.857. The van der Waals surface area contributed by atoms with Crippen LogP contribution in [0.25, 0.3) is 0 Å². The summed E-state index contributed by atoms with van der Waals surface area (Å²) in [7, 11) is 1.39. The van der Waals surface area contributed by atoms with Gasteiger partial charge in [0.1, 0.15) is 16.6 Å². The molecule has 12 heavy (non-hydrogen) atoms. The van der Waals surface area contributed by atoms with Crippen LogP contribution in [-0.2, 0) is 6.61 Å². The average molecular weight is 191 g/mol. The number of rotatable bonds is 2. The van der Waals surface area contributed by atoms with Crippen molar-refractivity contribution in [1.29, 1.82) is 0 Å². The minimum absolute atomic E-state index is 0.0605. The second-order valence-electron chi connectivity index (χ2n) is 2.25. The number of hydrogen-bond acceptors (Lipinski definition) is 2. The molecule has 2 nitrogen and oxygen atoms in total. The number of ether oxygens (including phenoxy) is 1. The molecule has 4 heteroatoms. The third kappa shape index (κ3) is 1.68.